The minimum Gasteiger partial charge on any atom is -0.493 e. The number of benzene rings is 1. The molecule has 1 fully saturated rings. The maximum atomic E-state index is 13.0. The molecule has 8 heteroatoms. The number of fused-ring (bicyclic) bond motifs is 2. The van der Waals surface area contributed by atoms with E-state index in [0.717, 1.165) is 61.2 Å². The smallest absolute Gasteiger partial charge is 0.330 e. The maximum absolute atomic E-state index is 13.0. The van der Waals surface area contributed by atoms with Crippen molar-refractivity contribution in [2.45, 2.75) is 51.2 Å². The first-order valence-electron chi connectivity index (χ1n) is 10.5. The second-order valence-corrected chi connectivity index (χ2v) is 8.28. The van der Waals surface area contributed by atoms with Crippen LogP contribution in [0, 0.1) is 6.92 Å². The first-order valence-corrected chi connectivity index (χ1v) is 10.5. The van der Waals surface area contributed by atoms with Crippen LogP contribution in [0.15, 0.2) is 23.1 Å². The number of nitrogens with zero attached hydrogens (tertiary/aromatic N) is 4. The third-order valence-corrected chi connectivity index (χ3v) is 6.46. The van der Waals surface area contributed by atoms with Crippen molar-refractivity contribution in [3.05, 3.63) is 39.9 Å². The summed E-state index contributed by atoms with van der Waals surface area (Å²) in [5.74, 6) is 1.45. The first kappa shape index (κ1) is 19.1. The minimum atomic E-state index is -0.0387. The molecule has 1 saturated carbocycles. The minimum absolute atomic E-state index is 0.0387. The molecule has 0 radical (unpaired) electrons. The third kappa shape index (κ3) is 3.15. The Morgan fingerprint density at radius 1 is 1.23 bits per heavy atom. The standard InChI is InChI=1S/C22H27N5O3/c1-13-10-19-14(8-9-30-19)11-17(13)24-21-23-12-18-20(25-21)27(22(28)26(18)2)15-4-6-16(29-3)7-5-15/h10-12,15-16H,4-9H2,1-3H3,(H,23,24,25). The van der Waals surface area contributed by atoms with Crippen molar-refractivity contribution in [3.8, 4) is 5.75 Å². The zero-order chi connectivity index (χ0) is 20.8. The van der Waals surface area contributed by atoms with Gasteiger partial charge in [0.1, 0.15) is 11.3 Å². The predicted octanol–water partition coefficient (Wildman–Crippen LogP) is 3.25. The summed E-state index contributed by atoms with van der Waals surface area (Å²) in [6.45, 7) is 2.76. The Morgan fingerprint density at radius 3 is 2.80 bits per heavy atom. The van der Waals surface area contributed by atoms with Crippen LogP contribution < -0.4 is 15.7 Å². The normalized spacial score (nSPS) is 20.9. The van der Waals surface area contributed by atoms with E-state index in [1.54, 1.807) is 24.9 Å². The second kappa shape index (κ2) is 7.43. The van der Waals surface area contributed by atoms with Crippen LogP contribution >= 0.6 is 0 Å². The summed E-state index contributed by atoms with van der Waals surface area (Å²) in [4.78, 5) is 22.2. The number of hydrogen-bond acceptors (Lipinski definition) is 6. The quantitative estimate of drug-likeness (QED) is 0.712. The fraction of sp³-hybridized carbons (Fsp3) is 0.500. The largest absolute Gasteiger partial charge is 0.493 e. The number of aryl methyl sites for hydroxylation is 2. The molecule has 0 spiro atoms. The summed E-state index contributed by atoms with van der Waals surface area (Å²) in [6.07, 6.45) is 6.66. The molecule has 158 valence electrons. The molecule has 2 aromatic heterocycles. The van der Waals surface area contributed by atoms with E-state index in [-0.39, 0.29) is 17.8 Å². The average Bonchev–Trinajstić information content (AvgIpc) is 3.30. The molecule has 0 unspecified atom stereocenters. The Kier molecular flexibility index (Phi) is 4.73. The Morgan fingerprint density at radius 2 is 2.03 bits per heavy atom. The Labute approximate surface area is 174 Å². The molecule has 2 aliphatic rings. The zero-order valence-corrected chi connectivity index (χ0v) is 17.6. The van der Waals surface area contributed by atoms with Crippen LogP contribution in [0.3, 0.4) is 0 Å². The lowest BCUT2D eigenvalue weighted by atomic mass is 9.93. The number of imidazole rings is 1. The maximum Gasteiger partial charge on any atom is 0.330 e. The lowest BCUT2D eigenvalue weighted by molar-refractivity contribution is 0.0584. The van der Waals surface area contributed by atoms with Gasteiger partial charge in [0.2, 0.25) is 5.95 Å². The van der Waals surface area contributed by atoms with Gasteiger partial charge < -0.3 is 14.8 Å². The molecule has 3 heterocycles. The van der Waals surface area contributed by atoms with Gasteiger partial charge in [-0.25, -0.2) is 9.78 Å². The molecule has 1 aromatic carbocycles. The number of anilines is 2. The molecular formula is C22H27N5O3. The predicted molar refractivity (Wildman–Crippen MR) is 115 cm³/mol. The van der Waals surface area contributed by atoms with Crippen LogP contribution in [0.25, 0.3) is 11.2 Å². The van der Waals surface area contributed by atoms with E-state index in [1.807, 2.05) is 11.5 Å². The molecule has 30 heavy (non-hydrogen) atoms. The first-order chi connectivity index (χ1) is 14.5. The summed E-state index contributed by atoms with van der Waals surface area (Å²) in [5.41, 5.74) is 4.62. The summed E-state index contributed by atoms with van der Waals surface area (Å²) in [7, 11) is 3.54. The van der Waals surface area contributed by atoms with Gasteiger partial charge in [-0.15, -0.1) is 0 Å². The van der Waals surface area contributed by atoms with Crippen LogP contribution in [0.2, 0.25) is 0 Å². The number of methoxy groups -OCH3 is 1. The molecule has 1 aliphatic heterocycles. The van der Waals surface area contributed by atoms with Crippen molar-refractivity contribution >= 4 is 22.8 Å². The number of hydrogen-bond donors (Lipinski definition) is 1. The monoisotopic (exact) mass is 409 g/mol. The van der Waals surface area contributed by atoms with Crippen molar-refractivity contribution in [2.24, 2.45) is 7.05 Å². The molecule has 8 nitrogen and oxygen atoms in total. The molecule has 0 bridgehead atoms. The number of nitrogens with one attached hydrogen (secondary N) is 1. The highest BCUT2D eigenvalue weighted by atomic mass is 16.5. The van der Waals surface area contributed by atoms with E-state index >= 15 is 0 Å². The molecule has 0 atom stereocenters. The van der Waals surface area contributed by atoms with Gasteiger partial charge in [-0.3, -0.25) is 9.13 Å². The highest BCUT2D eigenvalue weighted by Crippen LogP contribution is 2.33. The lowest BCUT2D eigenvalue weighted by Crippen LogP contribution is -2.30. The topological polar surface area (TPSA) is 83.2 Å². The van der Waals surface area contributed by atoms with Crippen LogP contribution in [-0.4, -0.2) is 38.9 Å². The molecule has 0 saturated heterocycles. The van der Waals surface area contributed by atoms with Crippen molar-refractivity contribution in [1.29, 1.82) is 0 Å². The summed E-state index contributed by atoms with van der Waals surface area (Å²) < 4.78 is 14.6. The zero-order valence-electron chi connectivity index (χ0n) is 17.6. The summed E-state index contributed by atoms with van der Waals surface area (Å²) in [5, 5.41) is 3.35. The van der Waals surface area contributed by atoms with E-state index in [1.165, 1.54) is 5.56 Å². The highest BCUT2D eigenvalue weighted by molar-refractivity contribution is 5.73. The molecular weight excluding hydrogens is 382 g/mol. The summed E-state index contributed by atoms with van der Waals surface area (Å²) >= 11 is 0. The van der Waals surface area contributed by atoms with Gasteiger partial charge in [-0.2, -0.15) is 4.98 Å². The van der Waals surface area contributed by atoms with Gasteiger partial charge in [0.25, 0.3) is 0 Å². The van der Waals surface area contributed by atoms with E-state index < -0.39 is 0 Å². The van der Waals surface area contributed by atoms with Crippen molar-refractivity contribution in [1.82, 2.24) is 19.1 Å². The van der Waals surface area contributed by atoms with E-state index in [9.17, 15) is 4.79 Å². The molecule has 5 rings (SSSR count). The third-order valence-electron chi connectivity index (χ3n) is 6.46. The average molecular weight is 409 g/mol. The van der Waals surface area contributed by atoms with Crippen molar-refractivity contribution in [2.75, 3.05) is 19.0 Å². The van der Waals surface area contributed by atoms with E-state index in [2.05, 4.69) is 22.4 Å². The molecule has 1 N–H and O–H groups in total. The van der Waals surface area contributed by atoms with E-state index in [4.69, 9.17) is 14.5 Å². The highest BCUT2D eigenvalue weighted by Gasteiger charge is 2.26. The van der Waals surface area contributed by atoms with E-state index in [0.29, 0.717) is 11.6 Å². The molecule has 3 aromatic rings. The molecule has 0 amide bonds. The van der Waals surface area contributed by atoms with Gasteiger partial charge in [0.05, 0.1) is 18.9 Å². The Bertz CT molecular complexity index is 1160. The lowest BCUT2D eigenvalue weighted by Gasteiger charge is -2.28. The SMILES string of the molecule is COC1CCC(n2c(=O)n(C)c3cnc(Nc4cc5c(cc4C)OCC5)nc32)CC1. The number of rotatable bonds is 4. The Hall–Kier alpha value is -2.87. The fourth-order valence-electron chi connectivity index (χ4n) is 4.65. The Balaban J connectivity index is 1.51. The molecule has 1 aliphatic carbocycles. The van der Waals surface area contributed by atoms with Gasteiger partial charge >= 0.3 is 5.69 Å². The second-order valence-electron chi connectivity index (χ2n) is 8.28. The van der Waals surface area contributed by atoms with Crippen LogP contribution in [0.4, 0.5) is 11.6 Å². The van der Waals surface area contributed by atoms with Gasteiger partial charge in [-0.05, 0) is 55.9 Å². The number of aromatic nitrogens is 4. The summed E-state index contributed by atoms with van der Waals surface area (Å²) in [6, 6.07) is 4.29. The van der Waals surface area contributed by atoms with Gasteiger partial charge in [-0.1, -0.05) is 0 Å². The number of ether oxygens (including phenoxy) is 2. The van der Waals surface area contributed by atoms with Crippen LogP contribution in [-0.2, 0) is 18.2 Å². The van der Waals surface area contributed by atoms with Gasteiger partial charge in [0.15, 0.2) is 5.65 Å². The van der Waals surface area contributed by atoms with Crippen molar-refractivity contribution < 1.29 is 9.47 Å². The van der Waals surface area contributed by atoms with Crippen LogP contribution in [0.5, 0.6) is 5.75 Å². The van der Waals surface area contributed by atoms with Gasteiger partial charge in [0, 0.05) is 32.3 Å². The fourth-order valence-corrected chi connectivity index (χ4v) is 4.65. The van der Waals surface area contributed by atoms with Crippen LogP contribution in [0.1, 0.15) is 42.9 Å². The van der Waals surface area contributed by atoms with Crippen molar-refractivity contribution in [3.63, 3.8) is 0 Å².